The number of rotatable bonds is 28. The van der Waals surface area contributed by atoms with Crippen molar-refractivity contribution >= 4 is 47.2 Å². The average Bonchev–Trinajstić information content (AvgIpc) is 3.17. The molecule has 0 spiro atoms. The molecule has 2 unspecified atom stereocenters. The summed E-state index contributed by atoms with van der Waals surface area (Å²) < 4.78 is 9.86. The molecular formula is C40H68N4O12. The van der Waals surface area contributed by atoms with E-state index in [0.29, 0.717) is 18.8 Å². The van der Waals surface area contributed by atoms with Gasteiger partial charge in [-0.1, -0.05) is 91.9 Å². The van der Waals surface area contributed by atoms with E-state index in [9.17, 15) is 28.8 Å². The largest absolute Gasteiger partial charge is 0.481 e. The van der Waals surface area contributed by atoms with E-state index in [4.69, 9.17) is 29.4 Å². The van der Waals surface area contributed by atoms with Gasteiger partial charge in [0.2, 0.25) is 0 Å². The fraction of sp³-hybridized carbons (Fsp3) is 0.800. The third-order valence-corrected chi connectivity index (χ3v) is 8.93. The van der Waals surface area contributed by atoms with Crippen molar-refractivity contribution in [2.45, 2.75) is 188 Å². The van der Waals surface area contributed by atoms with Crippen molar-refractivity contribution in [3.05, 3.63) is 0 Å². The van der Waals surface area contributed by atoms with Crippen LogP contribution in [0.4, 0.5) is 0 Å². The summed E-state index contributed by atoms with van der Waals surface area (Å²) in [6.07, 6.45) is 15.8. The van der Waals surface area contributed by atoms with Crippen LogP contribution in [0.5, 0.6) is 0 Å². The van der Waals surface area contributed by atoms with Crippen molar-refractivity contribution in [3.8, 4) is 0 Å². The average molecular weight is 797 g/mol. The molecule has 0 aromatic rings. The minimum Gasteiger partial charge on any atom is -0.481 e. The number of aliphatic carboxylic acids is 2. The third kappa shape index (κ3) is 23.9. The van der Waals surface area contributed by atoms with Crippen LogP contribution in [0.25, 0.3) is 0 Å². The van der Waals surface area contributed by atoms with Gasteiger partial charge in [0, 0.05) is 18.6 Å². The van der Waals surface area contributed by atoms with Gasteiger partial charge in [0.05, 0.1) is 51.2 Å². The number of carbonyl (C=O) groups is 6. The van der Waals surface area contributed by atoms with Crippen LogP contribution < -0.4 is 0 Å². The van der Waals surface area contributed by atoms with Gasteiger partial charge in [-0.3, -0.25) is 38.6 Å². The van der Waals surface area contributed by atoms with Gasteiger partial charge in [0.1, 0.15) is 25.2 Å². The van der Waals surface area contributed by atoms with Crippen molar-refractivity contribution in [2.24, 2.45) is 10.1 Å². The lowest BCUT2D eigenvalue weighted by atomic mass is 10.0. The lowest BCUT2D eigenvalue weighted by Crippen LogP contribution is -2.45. The first kappa shape index (κ1) is 50.1. The Hall–Kier alpha value is -3.92. The molecule has 2 aliphatic rings. The summed E-state index contributed by atoms with van der Waals surface area (Å²) in [6.45, 7) is 8.90. The Morgan fingerprint density at radius 1 is 0.625 bits per heavy atom. The number of ether oxygens (including phenoxy) is 2. The molecule has 0 bridgehead atoms. The molecule has 0 saturated carbocycles. The Bertz CT molecular complexity index is 1260. The molecule has 2 rings (SSSR count). The third-order valence-electron chi connectivity index (χ3n) is 8.93. The van der Waals surface area contributed by atoms with E-state index in [1.54, 1.807) is 0 Å². The maximum atomic E-state index is 12.6. The molecule has 56 heavy (non-hydrogen) atoms. The number of unbranched alkanes of at least 4 members (excludes halogenated alkanes) is 8. The lowest BCUT2D eigenvalue weighted by molar-refractivity contribution is -0.213. The highest BCUT2D eigenvalue weighted by molar-refractivity contribution is 5.97. The molecule has 2 heterocycles. The summed E-state index contributed by atoms with van der Waals surface area (Å²) in [6, 6.07) is 0. The van der Waals surface area contributed by atoms with Crippen molar-refractivity contribution in [2.75, 3.05) is 19.8 Å². The minimum atomic E-state index is -1.06. The first-order chi connectivity index (χ1) is 26.9. The van der Waals surface area contributed by atoms with Crippen LogP contribution in [0.15, 0.2) is 10.1 Å². The van der Waals surface area contributed by atoms with Crippen molar-refractivity contribution in [1.29, 1.82) is 0 Å². The Kier molecular flexibility index (Phi) is 27.9. The number of carbonyl (C=O) groups excluding carboxylic acids is 4. The highest BCUT2D eigenvalue weighted by atomic mass is 16.7. The Morgan fingerprint density at radius 2 is 1.12 bits per heavy atom. The summed E-state index contributed by atoms with van der Waals surface area (Å²) in [5.74, 6) is -3.38. The van der Waals surface area contributed by atoms with Crippen LogP contribution in [-0.2, 0) is 47.9 Å². The molecule has 2 N–H and O–H groups in total. The smallest absolute Gasteiger partial charge is 0.306 e. The highest BCUT2D eigenvalue weighted by Crippen LogP contribution is 2.22. The minimum absolute atomic E-state index is 0.0205. The molecule has 16 nitrogen and oxygen atoms in total. The lowest BCUT2D eigenvalue weighted by Gasteiger charge is -2.32. The Balaban J connectivity index is 0.000000560. The van der Waals surface area contributed by atoms with Crippen LogP contribution in [-0.4, -0.2) is 99.7 Å². The topological polar surface area (TPSA) is 211 Å². The van der Waals surface area contributed by atoms with Gasteiger partial charge >= 0.3 is 23.9 Å². The fourth-order valence-corrected chi connectivity index (χ4v) is 5.72. The Labute approximate surface area is 332 Å². The van der Waals surface area contributed by atoms with E-state index in [2.05, 4.69) is 37.8 Å². The van der Waals surface area contributed by atoms with Gasteiger partial charge in [-0.2, -0.15) is 10.2 Å². The predicted molar refractivity (Wildman–Crippen MR) is 209 cm³/mol. The van der Waals surface area contributed by atoms with Crippen LogP contribution >= 0.6 is 0 Å². The van der Waals surface area contributed by atoms with Crippen LogP contribution in [0.3, 0.4) is 0 Å². The maximum Gasteiger partial charge on any atom is 0.306 e. The number of hydroxylamine groups is 3. The van der Waals surface area contributed by atoms with Gasteiger partial charge < -0.3 is 19.7 Å². The number of esters is 2. The standard InChI is InChI=1S/2C20H34N2O6/c1-3-5-7-9-16-15-21-17(10-8-6-4-2)22(28-16)18(23)13-14-27-20(26)12-11-19(24)25;1-3-5-7-9-16-15-17(10-8-6-4-2)28-22(21-16)18(23)13-14-27-20(26)12-11-19(24)25/h16H,3-15H2,1-2H3,(H,24,25);17H,3-15H2,1-2H3,(H,24,25). The normalized spacial score (nSPS) is 16.6. The molecule has 2 aliphatic heterocycles. The number of hydrogen-bond acceptors (Lipinski definition) is 12. The number of hydrogen-bond donors (Lipinski definition) is 2. The molecular weight excluding hydrogens is 728 g/mol. The fourth-order valence-electron chi connectivity index (χ4n) is 5.72. The summed E-state index contributed by atoms with van der Waals surface area (Å²) >= 11 is 0. The zero-order valence-corrected chi connectivity index (χ0v) is 34.3. The maximum absolute atomic E-state index is 12.6. The van der Waals surface area contributed by atoms with E-state index in [-0.39, 0.29) is 75.8 Å². The van der Waals surface area contributed by atoms with Gasteiger partial charge in [-0.05, 0) is 32.1 Å². The monoisotopic (exact) mass is 796 g/mol. The molecule has 320 valence electrons. The van der Waals surface area contributed by atoms with E-state index in [1.807, 2.05) is 0 Å². The van der Waals surface area contributed by atoms with Crippen LogP contribution in [0.1, 0.15) is 175 Å². The number of aliphatic imine (C=N–C) groups is 1. The number of nitrogens with zero attached hydrogens (tertiary/aromatic N) is 4. The van der Waals surface area contributed by atoms with E-state index in [1.165, 1.54) is 5.06 Å². The van der Waals surface area contributed by atoms with Crippen LogP contribution in [0.2, 0.25) is 0 Å². The zero-order chi connectivity index (χ0) is 41.6. The predicted octanol–water partition coefficient (Wildman–Crippen LogP) is 7.32. The van der Waals surface area contributed by atoms with Gasteiger partial charge in [0.25, 0.3) is 11.8 Å². The second-order valence-corrected chi connectivity index (χ2v) is 14.1. The first-order valence-corrected chi connectivity index (χ1v) is 20.8. The highest BCUT2D eigenvalue weighted by Gasteiger charge is 2.29. The second kappa shape index (κ2) is 31.2. The van der Waals surface area contributed by atoms with Crippen molar-refractivity contribution in [3.63, 3.8) is 0 Å². The number of amidine groups is 1. The molecule has 0 aromatic heterocycles. The molecule has 2 atom stereocenters. The number of carboxylic acid groups (broad SMARTS) is 2. The molecule has 0 fully saturated rings. The van der Waals surface area contributed by atoms with Gasteiger partial charge in [-0.25, -0.2) is 4.84 Å². The number of hydrazone groups is 1. The van der Waals surface area contributed by atoms with E-state index >= 15 is 0 Å². The van der Waals surface area contributed by atoms with Crippen LogP contribution in [0, 0.1) is 0 Å². The zero-order valence-electron chi connectivity index (χ0n) is 34.3. The van der Waals surface area contributed by atoms with E-state index < -0.39 is 23.9 Å². The van der Waals surface area contributed by atoms with Gasteiger partial charge in [-0.15, -0.1) is 5.17 Å². The molecule has 16 heteroatoms. The molecule has 0 saturated heterocycles. The summed E-state index contributed by atoms with van der Waals surface area (Å²) in [5.41, 5.74) is 0.980. The summed E-state index contributed by atoms with van der Waals surface area (Å²) in [7, 11) is 0. The number of carboxylic acids is 2. The first-order valence-electron chi connectivity index (χ1n) is 20.8. The quantitative estimate of drug-likeness (QED) is 0.0589. The Morgan fingerprint density at radius 3 is 1.66 bits per heavy atom. The van der Waals surface area contributed by atoms with Crippen molar-refractivity contribution in [1.82, 2.24) is 10.2 Å². The summed E-state index contributed by atoms with van der Waals surface area (Å²) in [4.78, 5) is 85.1. The molecule has 0 aromatic carbocycles. The molecule has 0 aliphatic carbocycles. The molecule has 0 radical (unpaired) electrons. The van der Waals surface area contributed by atoms with Crippen molar-refractivity contribution < 1.29 is 58.1 Å². The molecule has 2 amide bonds. The summed E-state index contributed by atoms with van der Waals surface area (Å²) in [5, 5.41) is 23.8. The SMILES string of the molecule is CCCCCC1=NCC(CCCCC)ON1C(=O)CCOC(=O)CCC(=O)O.CCCCCC1=NN(C(=O)CCOC(=O)CCC(=O)O)OC(CCCCC)C1. The van der Waals surface area contributed by atoms with E-state index in [0.717, 1.165) is 114 Å². The second-order valence-electron chi connectivity index (χ2n) is 14.1. The van der Waals surface area contributed by atoms with Gasteiger partial charge in [0.15, 0.2) is 0 Å². The number of amides is 2.